The van der Waals surface area contributed by atoms with Crippen LogP contribution >= 0.6 is 0 Å². The van der Waals surface area contributed by atoms with Crippen molar-refractivity contribution in [2.75, 3.05) is 6.54 Å². The Labute approximate surface area is 146 Å². The SMILES string of the molecule is O=C(OCc1ccccc1F)C1CCCCN1Cc1ccccc1F. The molecule has 3 nitrogen and oxygen atoms in total. The molecule has 0 N–H and O–H groups in total. The molecule has 1 unspecified atom stereocenters. The van der Waals surface area contributed by atoms with Gasteiger partial charge < -0.3 is 4.74 Å². The number of carbonyl (C=O) groups excluding carboxylic acids is 1. The van der Waals surface area contributed by atoms with Gasteiger partial charge >= 0.3 is 5.97 Å². The molecule has 1 atom stereocenters. The van der Waals surface area contributed by atoms with Crippen molar-refractivity contribution in [2.45, 2.75) is 38.5 Å². The van der Waals surface area contributed by atoms with Crippen LogP contribution in [0.1, 0.15) is 30.4 Å². The van der Waals surface area contributed by atoms with Crippen LogP contribution in [0.2, 0.25) is 0 Å². The van der Waals surface area contributed by atoms with Gasteiger partial charge in [-0.05, 0) is 31.5 Å². The number of halogens is 2. The predicted octanol–water partition coefficient (Wildman–Crippen LogP) is 4.06. The van der Waals surface area contributed by atoms with Crippen molar-refractivity contribution in [3.05, 3.63) is 71.3 Å². The number of likely N-dealkylation sites (tertiary alicyclic amines) is 1. The zero-order valence-electron chi connectivity index (χ0n) is 14.0. The summed E-state index contributed by atoms with van der Waals surface area (Å²) in [6.45, 7) is 0.996. The second kappa shape index (κ2) is 8.21. The van der Waals surface area contributed by atoms with Crippen molar-refractivity contribution in [3.8, 4) is 0 Å². The maximum Gasteiger partial charge on any atom is 0.323 e. The highest BCUT2D eigenvalue weighted by atomic mass is 19.1. The molecule has 5 heteroatoms. The summed E-state index contributed by atoms with van der Waals surface area (Å²) in [6, 6.07) is 12.4. The summed E-state index contributed by atoms with van der Waals surface area (Å²) in [5.74, 6) is -1.03. The van der Waals surface area contributed by atoms with E-state index in [2.05, 4.69) is 0 Å². The lowest BCUT2D eigenvalue weighted by Gasteiger charge is -2.34. The van der Waals surface area contributed by atoms with Gasteiger partial charge in [0.2, 0.25) is 0 Å². The fourth-order valence-electron chi connectivity index (χ4n) is 3.15. The predicted molar refractivity (Wildman–Crippen MR) is 90.6 cm³/mol. The van der Waals surface area contributed by atoms with Crippen LogP contribution < -0.4 is 0 Å². The molecule has 3 rings (SSSR count). The molecule has 132 valence electrons. The quantitative estimate of drug-likeness (QED) is 0.765. The molecule has 25 heavy (non-hydrogen) atoms. The molecule has 2 aromatic carbocycles. The van der Waals surface area contributed by atoms with Gasteiger partial charge in [0.05, 0.1) is 0 Å². The molecule has 1 fully saturated rings. The minimum absolute atomic E-state index is 0.0878. The highest BCUT2D eigenvalue weighted by molar-refractivity contribution is 5.76. The van der Waals surface area contributed by atoms with Crippen LogP contribution in [-0.2, 0) is 22.7 Å². The van der Waals surface area contributed by atoms with E-state index in [1.165, 1.54) is 12.1 Å². The Morgan fingerprint density at radius 2 is 1.64 bits per heavy atom. The first-order valence-electron chi connectivity index (χ1n) is 8.52. The Balaban J connectivity index is 1.65. The number of ether oxygens (including phenoxy) is 1. The monoisotopic (exact) mass is 345 g/mol. The number of benzene rings is 2. The number of piperidine rings is 1. The molecule has 0 spiro atoms. The van der Waals surface area contributed by atoms with Gasteiger partial charge in [0, 0.05) is 17.7 Å². The van der Waals surface area contributed by atoms with Crippen molar-refractivity contribution < 1.29 is 18.3 Å². The maximum absolute atomic E-state index is 13.9. The number of nitrogens with zero attached hydrogens (tertiary/aromatic N) is 1. The van der Waals surface area contributed by atoms with Crippen LogP contribution in [0.25, 0.3) is 0 Å². The van der Waals surface area contributed by atoms with Crippen LogP contribution in [0, 0.1) is 11.6 Å². The van der Waals surface area contributed by atoms with Gasteiger partial charge in [0.1, 0.15) is 24.3 Å². The van der Waals surface area contributed by atoms with Crippen molar-refractivity contribution in [2.24, 2.45) is 0 Å². The number of hydrogen-bond donors (Lipinski definition) is 0. The molecular weight excluding hydrogens is 324 g/mol. The molecule has 0 aliphatic carbocycles. The lowest BCUT2D eigenvalue weighted by molar-refractivity contribution is -0.153. The van der Waals surface area contributed by atoms with E-state index in [4.69, 9.17) is 4.74 Å². The zero-order valence-corrected chi connectivity index (χ0v) is 14.0. The van der Waals surface area contributed by atoms with Crippen molar-refractivity contribution in [1.29, 1.82) is 0 Å². The van der Waals surface area contributed by atoms with E-state index in [0.29, 0.717) is 30.6 Å². The Kier molecular flexibility index (Phi) is 5.76. The molecule has 1 aliphatic rings. The summed E-state index contributed by atoms with van der Waals surface area (Å²) in [7, 11) is 0. The largest absolute Gasteiger partial charge is 0.460 e. The van der Waals surface area contributed by atoms with E-state index in [0.717, 1.165) is 12.8 Å². The van der Waals surface area contributed by atoms with E-state index in [9.17, 15) is 13.6 Å². The second-order valence-corrected chi connectivity index (χ2v) is 6.27. The van der Waals surface area contributed by atoms with E-state index >= 15 is 0 Å². The lowest BCUT2D eigenvalue weighted by Crippen LogP contribution is -2.45. The summed E-state index contributed by atoms with van der Waals surface area (Å²) >= 11 is 0. The molecule has 2 aromatic rings. The van der Waals surface area contributed by atoms with E-state index in [1.54, 1.807) is 36.4 Å². The molecule has 0 bridgehead atoms. The van der Waals surface area contributed by atoms with E-state index < -0.39 is 6.04 Å². The van der Waals surface area contributed by atoms with Gasteiger partial charge in [0.15, 0.2) is 0 Å². The zero-order chi connectivity index (χ0) is 17.6. The first kappa shape index (κ1) is 17.5. The average molecular weight is 345 g/mol. The van der Waals surface area contributed by atoms with Gasteiger partial charge in [0.25, 0.3) is 0 Å². The van der Waals surface area contributed by atoms with Gasteiger partial charge in [-0.25, -0.2) is 8.78 Å². The summed E-state index contributed by atoms with van der Waals surface area (Å²) in [5.41, 5.74) is 0.920. The topological polar surface area (TPSA) is 29.5 Å². The Bertz CT molecular complexity index is 735. The van der Waals surface area contributed by atoms with Crippen molar-refractivity contribution in [1.82, 2.24) is 4.90 Å². The summed E-state index contributed by atoms with van der Waals surface area (Å²) < 4.78 is 32.9. The molecule has 1 heterocycles. The van der Waals surface area contributed by atoms with Crippen molar-refractivity contribution >= 4 is 5.97 Å². The Morgan fingerprint density at radius 1 is 1.00 bits per heavy atom. The standard InChI is InChI=1S/C20H21F2NO2/c21-17-9-3-1-7-15(17)13-23-12-6-5-11-19(23)20(24)25-14-16-8-2-4-10-18(16)22/h1-4,7-10,19H,5-6,11-14H2. The molecule has 0 amide bonds. The minimum Gasteiger partial charge on any atom is -0.460 e. The highest BCUT2D eigenvalue weighted by Crippen LogP contribution is 2.22. The Hall–Kier alpha value is -2.27. The van der Waals surface area contributed by atoms with Gasteiger partial charge in [-0.15, -0.1) is 0 Å². The van der Waals surface area contributed by atoms with Crippen LogP contribution in [-0.4, -0.2) is 23.5 Å². The smallest absolute Gasteiger partial charge is 0.323 e. The van der Waals surface area contributed by atoms with Gasteiger partial charge in [-0.1, -0.05) is 42.8 Å². The number of carbonyl (C=O) groups is 1. The second-order valence-electron chi connectivity index (χ2n) is 6.27. The first-order valence-corrected chi connectivity index (χ1v) is 8.52. The summed E-state index contributed by atoms with van der Waals surface area (Å²) in [6.07, 6.45) is 2.56. The number of rotatable bonds is 5. The van der Waals surface area contributed by atoms with Crippen LogP contribution in [0.3, 0.4) is 0 Å². The van der Waals surface area contributed by atoms with Crippen LogP contribution in [0.15, 0.2) is 48.5 Å². The fraction of sp³-hybridized carbons (Fsp3) is 0.350. The first-order chi connectivity index (χ1) is 12.1. The van der Waals surface area contributed by atoms with Gasteiger partial charge in [-0.2, -0.15) is 0 Å². The van der Waals surface area contributed by atoms with Crippen LogP contribution in [0.4, 0.5) is 8.78 Å². The van der Waals surface area contributed by atoms with Crippen molar-refractivity contribution in [3.63, 3.8) is 0 Å². The fourth-order valence-corrected chi connectivity index (χ4v) is 3.15. The average Bonchev–Trinajstić information content (AvgIpc) is 2.63. The lowest BCUT2D eigenvalue weighted by atomic mass is 10.0. The summed E-state index contributed by atoms with van der Waals surface area (Å²) in [5, 5.41) is 0. The number of esters is 1. The maximum atomic E-state index is 13.9. The minimum atomic E-state index is -0.417. The molecule has 1 aliphatic heterocycles. The normalized spacial score (nSPS) is 18.1. The highest BCUT2D eigenvalue weighted by Gasteiger charge is 2.30. The third-order valence-electron chi connectivity index (χ3n) is 4.54. The van der Waals surface area contributed by atoms with E-state index in [-0.39, 0.29) is 24.2 Å². The van der Waals surface area contributed by atoms with E-state index in [1.807, 2.05) is 4.90 Å². The molecular formula is C20H21F2NO2. The molecule has 0 radical (unpaired) electrons. The third-order valence-corrected chi connectivity index (χ3v) is 4.54. The molecule has 0 saturated carbocycles. The van der Waals surface area contributed by atoms with Gasteiger partial charge in [-0.3, -0.25) is 9.69 Å². The van der Waals surface area contributed by atoms with Crippen LogP contribution in [0.5, 0.6) is 0 Å². The molecule has 1 saturated heterocycles. The number of hydrogen-bond acceptors (Lipinski definition) is 3. The molecule has 0 aromatic heterocycles. The third kappa shape index (κ3) is 4.42. The summed E-state index contributed by atoms with van der Waals surface area (Å²) in [4.78, 5) is 14.4. The Morgan fingerprint density at radius 3 is 2.32 bits per heavy atom.